The number of aromatic nitrogens is 1. The van der Waals surface area contributed by atoms with Crippen molar-refractivity contribution in [3.63, 3.8) is 0 Å². The number of esters is 2. The Kier molecular flexibility index (Phi) is 9.51. The Morgan fingerprint density at radius 3 is 2.50 bits per heavy atom. The molecule has 1 atom stereocenters. The van der Waals surface area contributed by atoms with Crippen LogP contribution in [0, 0.1) is 0 Å². The van der Waals surface area contributed by atoms with Gasteiger partial charge < -0.3 is 19.8 Å². The Morgan fingerprint density at radius 1 is 1.00 bits per heavy atom. The maximum absolute atomic E-state index is 13.1. The lowest BCUT2D eigenvalue weighted by Gasteiger charge is -2.25. The van der Waals surface area contributed by atoms with Gasteiger partial charge in [-0.15, -0.1) is 0 Å². The molecule has 1 aliphatic heterocycles. The van der Waals surface area contributed by atoms with Gasteiger partial charge in [0.05, 0.1) is 0 Å². The first-order chi connectivity index (χ1) is 18.4. The minimum absolute atomic E-state index is 0.0212. The molecule has 1 amide bonds. The van der Waals surface area contributed by atoms with E-state index in [2.05, 4.69) is 15.2 Å². The van der Waals surface area contributed by atoms with Gasteiger partial charge in [0.2, 0.25) is 5.56 Å². The lowest BCUT2D eigenvalue weighted by molar-refractivity contribution is -0.160. The molecule has 9 nitrogen and oxygen atoms in total. The number of benzene rings is 2. The van der Waals surface area contributed by atoms with Crippen LogP contribution in [0.25, 0.3) is 10.9 Å². The molecule has 0 bridgehead atoms. The number of ether oxygens (including phenoxy) is 2. The van der Waals surface area contributed by atoms with Crippen LogP contribution >= 0.6 is 11.6 Å². The summed E-state index contributed by atoms with van der Waals surface area (Å²) in [5.74, 6) is -2.01. The number of halogens is 1. The summed E-state index contributed by atoms with van der Waals surface area (Å²) in [6.45, 7) is 2.24. The quantitative estimate of drug-likeness (QED) is 0.380. The first-order valence-corrected chi connectivity index (χ1v) is 13.0. The molecule has 10 heteroatoms. The van der Waals surface area contributed by atoms with E-state index in [4.69, 9.17) is 21.1 Å². The summed E-state index contributed by atoms with van der Waals surface area (Å²) in [5.41, 5.74) is 1.10. The number of piperidine rings is 1. The molecule has 0 spiro atoms. The molecule has 1 aliphatic rings. The molecule has 0 radical (unpaired) electrons. The van der Waals surface area contributed by atoms with E-state index in [0.717, 1.165) is 31.3 Å². The molecule has 38 heavy (non-hydrogen) atoms. The molecule has 1 aromatic heterocycles. The van der Waals surface area contributed by atoms with Crippen molar-refractivity contribution in [2.24, 2.45) is 0 Å². The van der Waals surface area contributed by atoms with Gasteiger partial charge in [-0.2, -0.15) is 0 Å². The number of amides is 1. The van der Waals surface area contributed by atoms with Crippen LogP contribution < -0.4 is 10.9 Å². The lowest BCUT2D eigenvalue weighted by Crippen LogP contribution is -2.44. The van der Waals surface area contributed by atoms with Gasteiger partial charge in [-0.3, -0.25) is 14.5 Å². The second kappa shape index (κ2) is 13.2. The van der Waals surface area contributed by atoms with Crippen molar-refractivity contribution in [1.29, 1.82) is 0 Å². The van der Waals surface area contributed by atoms with Crippen molar-refractivity contribution in [2.45, 2.75) is 31.7 Å². The maximum Gasteiger partial charge on any atom is 0.344 e. The van der Waals surface area contributed by atoms with Gasteiger partial charge in [-0.25, -0.2) is 9.59 Å². The average molecular weight is 540 g/mol. The first-order valence-electron chi connectivity index (χ1n) is 12.6. The summed E-state index contributed by atoms with van der Waals surface area (Å²) in [6.07, 6.45) is 3.47. The molecule has 2 heterocycles. The van der Waals surface area contributed by atoms with Gasteiger partial charge in [-0.1, -0.05) is 36.2 Å². The van der Waals surface area contributed by atoms with Crippen LogP contribution in [0.3, 0.4) is 0 Å². The van der Waals surface area contributed by atoms with Crippen LogP contribution in [-0.4, -0.2) is 66.6 Å². The SMILES string of the molecule is O=C(COC(=O)C(Cc1cc(=O)[nH]c2ccccc12)NC(=O)c1ccc(Cl)cc1)OCCN1CCCCC1. The maximum atomic E-state index is 13.1. The Bertz CT molecular complexity index is 1330. The molecule has 1 saturated heterocycles. The topological polar surface area (TPSA) is 118 Å². The highest BCUT2D eigenvalue weighted by atomic mass is 35.5. The Hall–Kier alpha value is -3.69. The first kappa shape index (κ1) is 27.3. The largest absolute Gasteiger partial charge is 0.462 e. The number of H-pyrrole nitrogens is 1. The van der Waals surface area contributed by atoms with Crippen LogP contribution in [0.2, 0.25) is 5.02 Å². The second-order valence-corrected chi connectivity index (χ2v) is 9.61. The second-order valence-electron chi connectivity index (χ2n) is 9.17. The Morgan fingerprint density at radius 2 is 1.74 bits per heavy atom. The standard InChI is InChI=1S/C28H30ClN3O6/c29-21-10-8-19(9-11-21)27(35)31-24(16-20-17-25(33)30-23-7-3-2-6-22(20)23)28(36)38-18-26(34)37-15-14-32-12-4-1-5-13-32/h2-3,6-11,17,24H,1,4-5,12-16,18H2,(H,30,33)(H,31,35). The van der Waals surface area contributed by atoms with Crippen molar-refractivity contribution in [2.75, 3.05) is 32.8 Å². The molecule has 2 N–H and O–H groups in total. The number of pyridine rings is 1. The zero-order chi connectivity index (χ0) is 26.9. The molecule has 1 fully saturated rings. The summed E-state index contributed by atoms with van der Waals surface area (Å²) < 4.78 is 10.5. The molecule has 0 aliphatic carbocycles. The number of nitrogens with one attached hydrogen (secondary N) is 2. The van der Waals surface area contributed by atoms with Crippen molar-refractivity contribution in [1.82, 2.24) is 15.2 Å². The lowest BCUT2D eigenvalue weighted by atomic mass is 10.0. The van der Waals surface area contributed by atoms with E-state index < -0.39 is 30.5 Å². The van der Waals surface area contributed by atoms with E-state index in [1.54, 1.807) is 24.3 Å². The smallest absolute Gasteiger partial charge is 0.344 e. The number of para-hydroxylation sites is 1. The highest BCUT2D eigenvalue weighted by molar-refractivity contribution is 6.30. The summed E-state index contributed by atoms with van der Waals surface area (Å²) in [7, 11) is 0. The van der Waals surface area contributed by atoms with Gasteiger partial charge in [0.1, 0.15) is 12.6 Å². The number of carbonyl (C=O) groups is 3. The summed E-state index contributed by atoms with van der Waals surface area (Å²) in [6, 6.07) is 13.6. The average Bonchev–Trinajstić information content (AvgIpc) is 2.92. The van der Waals surface area contributed by atoms with Gasteiger partial charge >= 0.3 is 11.9 Å². The van der Waals surface area contributed by atoms with E-state index in [0.29, 0.717) is 28.2 Å². The number of rotatable bonds is 10. The molecular weight excluding hydrogens is 510 g/mol. The highest BCUT2D eigenvalue weighted by Gasteiger charge is 2.26. The fourth-order valence-corrected chi connectivity index (χ4v) is 4.57. The summed E-state index contributed by atoms with van der Waals surface area (Å²) >= 11 is 5.92. The summed E-state index contributed by atoms with van der Waals surface area (Å²) in [5, 5.41) is 3.86. The number of nitrogens with zero attached hydrogens (tertiary/aromatic N) is 1. The predicted octanol–water partition coefficient (Wildman–Crippen LogP) is 3.09. The number of hydrogen-bond acceptors (Lipinski definition) is 7. The minimum atomic E-state index is -1.16. The van der Waals surface area contributed by atoms with Crippen LogP contribution in [0.15, 0.2) is 59.4 Å². The predicted molar refractivity (Wildman–Crippen MR) is 143 cm³/mol. The van der Waals surface area contributed by atoms with Gasteiger partial charge in [0, 0.05) is 40.5 Å². The van der Waals surface area contributed by atoms with E-state index in [-0.39, 0.29) is 18.6 Å². The molecular formula is C28H30ClN3O6. The molecule has 1 unspecified atom stereocenters. The number of likely N-dealkylation sites (tertiary alicyclic amines) is 1. The van der Waals surface area contributed by atoms with E-state index in [9.17, 15) is 19.2 Å². The van der Waals surface area contributed by atoms with Crippen LogP contribution in [0.5, 0.6) is 0 Å². The number of fused-ring (bicyclic) bond motifs is 1. The highest BCUT2D eigenvalue weighted by Crippen LogP contribution is 2.17. The van der Waals surface area contributed by atoms with Gasteiger partial charge in [-0.05, 0) is 61.8 Å². The number of carbonyl (C=O) groups excluding carboxylic acids is 3. The third-order valence-electron chi connectivity index (χ3n) is 6.41. The van der Waals surface area contributed by atoms with Crippen LogP contribution in [0.4, 0.5) is 0 Å². The monoisotopic (exact) mass is 539 g/mol. The fourth-order valence-electron chi connectivity index (χ4n) is 4.45. The molecule has 2 aromatic carbocycles. The third-order valence-corrected chi connectivity index (χ3v) is 6.66. The van der Waals surface area contributed by atoms with E-state index >= 15 is 0 Å². The summed E-state index contributed by atoms with van der Waals surface area (Å²) in [4.78, 5) is 55.4. The van der Waals surface area contributed by atoms with Gasteiger partial charge in [0.25, 0.3) is 5.91 Å². The van der Waals surface area contributed by atoms with Crippen molar-refractivity contribution in [3.8, 4) is 0 Å². The van der Waals surface area contributed by atoms with E-state index in [1.807, 2.05) is 12.1 Å². The molecule has 3 aromatic rings. The van der Waals surface area contributed by atoms with Crippen LogP contribution in [0.1, 0.15) is 35.2 Å². The van der Waals surface area contributed by atoms with Gasteiger partial charge in [0.15, 0.2) is 6.61 Å². The molecule has 200 valence electrons. The number of aromatic amines is 1. The fraction of sp³-hybridized carbons (Fsp3) is 0.357. The third kappa shape index (κ3) is 7.66. The Labute approximate surface area is 225 Å². The van der Waals surface area contributed by atoms with Crippen molar-refractivity contribution in [3.05, 3.63) is 81.1 Å². The van der Waals surface area contributed by atoms with E-state index in [1.165, 1.54) is 24.6 Å². The molecule has 4 rings (SSSR count). The van der Waals surface area contributed by atoms with Crippen molar-refractivity contribution < 1.29 is 23.9 Å². The Balaban J connectivity index is 1.43. The normalized spacial score (nSPS) is 14.6. The minimum Gasteiger partial charge on any atom is -0.462 e. The zero-order valence-corrected chi connectivity index (χ0v) is 21.7. The number of hydrogen-bond donors (Lipinski definition) is 2. The van der Waals surface area contributed by atoms with Crippen molar-refractivity contribution >= 4 is 40.3 Å². The zero-order valence-electron chi connectivity index (χ0n) is 20.9. The molecule has 0 saturated carbocycles. The van der Waals surface area contributed by atoms with Crippen LogP contribution in [-0.2, 0) is 25.5 Å².